The molecule has 0 aliphatic carbocycles. The number of fused-ring (bicyclic) bond motifs is 1. The first kappa shape index (κ1) is 33.7. The smallest absolute Gasteiger partial charge is 0.325 e. The van der Waals surface area contributed by atoms with Crippen LogP contribution in [-0.2, 0) is 9.53 Å². The van der Waals surface area contributed by atoms with Crippen molar-refractivity contribution in [3.8, 4) is 6.07 Å². The molecule has 234 valence electrons. The maximum Gasteiger partial charge on any atom is 0.325 e. The van der Waals surface area contributed by atoms with Gasteiger partial charge in [0, 0.05) is 18.2 Å². The molecule has 0 aromatic heterocycles. The molecule has 0 unspecified atom stereocenters. The Morgan fingerprint density at radius 3 is 2.23 bits per heavy atom. The van der Waals surface area contributed by atoms with Crippen molar-refractivity contribution >= 4 is 45.9 Å². The van der Waals surface area contributed by atoms with Gasteiger partial charge in [0.2, 0.25) is 0 Å². The summed E-state index contributed by atoms with van der Waals surface area (Å²) in [6.45, 7) is 6.20. The second kappa shape index (κ2) is 17.4. The number of unbranched alkanes of at least 4 members (excludes halogenated alkanes) is 1. The molecule has 0 atom stereocenters. The van der Waals surface area contributed by atoms with E-state index in [1.165, 1.54) is 52.3 Å². The van der Waals surface area contributed by atoms with E-state index in [0.29, 0.717) is 27.7 Å². The van der Waals surface area contributed by atoms with E-state index in [0.717, 1.165) is 49.3 Å². The topological polar surface area (TPSA) is 76.9 Å². The van der Waals surface area contributed by atoms with E-state index in [9.17, 15) is 14.9 Å². The lowest BCUT2D eigenvalue weighted by Crippen LogP contribution is -2.46. The molecule has 0 N–H and O–H groups in total. The zero-order chi connectivity index (χ0) is 31.3. The van der Waals surface area contributed by atoms with Gasteiger partial charge >= 0.3 is 5.97 Å². The molecule has 1 amide bonds. The van der Waals surface area contributed by atoms with Crippen LogP contribution in [0, 0.1) is 11.3 Å². The molecule has 0 bridgehead atoms. The number of benzene rings is 3. The van der Waals surface area contributed by atoms with Crippen molar-refractivity contribution in [2.75, 3.05) is 52.9 Å². The molecule has 0 radical (unpaired) electrons. The molecular weight excluding hydrogens is 595 g/mol. The van der Waals surface area contributed by atoms with Crippen LogP contribution < -0.4 is 0 Å². The fourth-order valence-electron chi connectivity index (χ4n) is 6.06. The number of amides is 1. The van der Waals surface area contributed by atoms with E-state index in [1.807, 2.05) is 36.4 Å². The minimum absolute atomic E-state index is 0.0956. The van der Waals surface area contributed by atoms with Gasteiger partial charge in [-0.1, -0.05) is 66.0 Å². The molecule has 2 saturated heterocycles. The number of halogens is 2. The van der Waals surface area contributed by atoms with Crippen LogP contribution in [0.25, 0.3) is 10.8 Å². The van der Waals surface area contributed by atoms with Crippen molar-refractivity contribution in [3.63, 3.8) is 0 Å². The molecule has 0 saturated carbocycles. The van der Waals surface area contributed by atoms with Crippen molar-refractivity contribution < 1.29 is 14.3 Å². The van der Waals surface area contributed by atoms with Gasteiger partial charge in [-0.3, -0.25) is 9.59 Å². The van der Waals surface area contributed by atoms with Crippen molar-refractivity contribution in [2.24, 2.45) is 0 Å². The number of piperidine rings is 2. The van der Waals surface area contributed by atoms with Gasteiger partial charge in [-0.15, -0.1) is 0 Å². The summed E-state index contributed by atoms with van der Waals surface area (Å²) in [7, 11) is 1.34. The van der Waals surface area contributed by atoms with Crippen LogP contribution in [0.5, 0.6) is 0 Å². The van der Waals surface area contributed by atoms with Gasteiger partial charge in [0.25, 0.3) is 5.91 Å². The molecule has 7 nitrogen and oxygen atoms in total. The summed E-state index contributed by atoms with van der Waals surface area (Å²) >= 11 is 11.2. The quantitative estimate of drug-likeness (QED) is 0.185. The number of methoxy groups -OCH3 is 1. The summed E-state index contributed by atoms with van der Waals surface area (Å²) in [6, 6.07) is 21.0. The monoisotopic (exact) mass is 636 g/mol. The SMILES string of the molecule is COC(=O)CN(CCCCN1CCC(N2CCCCC2)CC1)C(=O)c1cc(C#N)cc2ccccc12.Clc1ccccc1Cl. The summed E-state index contributed by atoms with van der Waals surface area (Å²) in [5.74, 6) is -0.681. The molecule has 3 aromatic carbocycles. The third-order valence-corrected chi connectivity index (χ3v) is 9.25. The van der Waals surface area contributed by atoms with Crippen molar-refractivity contribution in [3.05, 3.63) is 81.8 Å². The first-order valence-corrected chi connectivity index (χ1v) is 16.3. The molecule has 0 spiro atoms. The van der Waals surface area contributed by atoms with Crippen LogP contribution in [0.1, 0.15) is 60.9 Å². The lowest BCUT2D eigenvalue weighted by Gasteiger charge is -2.40. The summed E-state index contributed by atoms with van der Waals surface area (Å²) in [5, 5.41) is 12.3. The summed E-state index contributed by atoms with van der Waals surface area (Å²) in [5.41, 5.74) is 0.886. The molecule has 44 heavy (non-hydrogen) atoms. The average Bonchev–Trinajstić information content (AvgIpc) is 3.07. The van der Waals surface area contributed by atoms with E-state index in [-0.39, 0.29) is 12.5 Å². The lowest BCUT2D eigenvalue weighted by atomic mass is 9.99. The molecule has 3 aromatic rings. The molecule has 2 aliphatic rings. The third kappa shape index (κ3) is 9.67. The Kier molecular flexibility index (Phi) is 13.3. The largest absolute Gasteiger partial charge is 0.468 e. The highest BCUT2D eigenvalue weighted by Gasteiger charge is 2.26. The highest BCUT2D eigenvalue weighted by atomic mass is 35.5. The Hall–Kier alpha value is -3.15. The molecule has 9 heteroatoms. The Balaban J connectivity index is 0.000000479. The van der Waals surface area contributed by atoms with Crippen LogP contribution in [0.4, 0.5) is 0 Å². The molecule has 2 heterocycles. The van der Waals surface area contributed by atoms with Gasteiger partial charge in [-0.2, -0.15) is 5.26 Å². The number of nitrogens with zero attached hydrogens (tertiary/aromatic N) is 4. The van der Waals surface area contributed by atoms with Crippen LogP contribution in [0.3, 0.4) is 0 Å². The van der Waals surface area contributed by atoms with Crippen LogP contribution in [-0.4, -0.2) is 85.5 Å². The van der Waals surface area contributed by atoms with Gasteiger partial charge < -0.3 is 19.4 Å². The van der Waals surface area contributed by atoms with Gasteiger partial charge in [0.1, 0.15) is 6.54 Å². The van der Waals surface area contributed by atoms with Crippen LogP contribution >= 0.6 is 23.2 Å². The first-order valence-electron chi connectivity index (χ1n) is 15.5. The number of rotatable bonds is 9. The Bertz CT molecular complexity index is 1410. The number of hydrogen-bond donors (Lipinski definition) is 0. The second-order valence-corrected chi connectivity index (χ2v) is 12.3. The number of likely N-dealkylation sites (tertiary alicyclic amines) is 2. The zero-order valence-corrected chi connectivity index (χ0v) is 27.0. The van der Waals surface area contributed by atoms with Crippen molar-refractivity contribution in [1.29, 1.82) is 5.26 Å². The highest BCUT2D eigenvalue weighted by Crippen LogP contribution is 2.24. The Labute approximate surface area is 271 Å². The number of ether oxygens (including phenoxy) is 1. The molecular formula is C35H42Cl2N4O3. The Morgan fingerprint density at radius 2 is 1.59 bits per heavy atom. The predicted octanol–water partition coefficient (Wildman–Crippen LogP) is 7.05. The van der Waals surface area contributed by atoms with E-state index < -0.39 is 5.97 Å². The predicted molar refractivity (Wildman–Crippen MR) is 177 cm³/mol. The normalized spacial score (nSPS) is 16.0. The fraction of sp³-hybridized carbons (Fsp3) is 0.457. The minimum Gasteiger partial charge on any atom is -0.468 e. The third-order valence-electron chi connectivity index (χ3n) is 8.50. The summed E-state index contributed by atoms with van der Waals surface area (Å²) < 4.78 is 4.86. The average molecular weight is 638 g/mol. The number of hydrogen-bond acceptors (Lipinski definition) is 6. The lowest BCUT2D eigenvalue weighted by molar-refractivity contribution is -0.141. The second-order valence-electron chi connectivity index (χ2n) is 11.5. The van der Waals surface area contributed by atoms with E-state index in [1.54, 1.807) is 29.2 Å². The van der Waals surface area contributed by atoms with Gasteiger partial charge in [-0.25, -0.2) is 0 Å². The number of esters is 1. The van der Waals surface area contributed by atoms with Crippen LogP contribution in [0.2, 0.25) is 10.0 Å². The highest BCUT2D eigenvalue weighted by molar-refractivity contribution is 6.41. The van der Waals surface area contributed by atoms with E-state index >= 15 is 0 Å². The fourth-order valence-corrected chi connectivity index (χ4v) is 6.34. The first-order chi connectivity index (χ1) is 21.4. The zero-order valence-electron chi connectivity index (χ0n) is 25.5. The molecule has 5 rings (SSSR count). The van der Waals surface area contributed by atoms with Crippen molar-refractivity contribution in [2.45, 2.75) is 51.0 Å². The molecule has 2 aliphatic heterocycles. The minimum atomic E-state index is -0.441. The maximum atomic E-state index is 13.6. The standard InChI is InChI=1S/C29H38N4O3.C6H4Cl2/c1-36-28(34)22-33(29(35)27-20-23(21-30)19-24-9-3-4-10-26(24)27)16-8-7-13-31-17-11-25(12-18-31)32-14-5-2-6-15-32;7-5-3-1-2-4-6(5)8/h3-4,9-10,19-20,25H,2,5-8,11-18,22H2,1H3;1-4H. The summed E-state index contributed by atoms with van der Waals surface area (Å²) in [4.78, 5) is 32.5. The summed E-state index contributed by atoms with van der Waals surface area (Å²) in [6.07, 6.45) is 8.34. The molecule has 2 fully saturated rings. The number of carbonyl (C=O) groups is 2. The Morgan fingerprint density at radius 1 is 0.932 bits per heavy atom. The maximum absolute atomic E-state index is 13.6. The van der Waals surface area contributed by atoms with Gasteiger partial charge in [0.05, 0.1) is 28.8 Å². The van der Waals surface area contributed by atoms with Crippen LogP contribution in [0.15, 0.2) is 60.7 Å². The number of carbonyl (C=O) groups excluding carboxylic acids is 2. The van der Waals surface area contributed by atoms with E-state index in [2.05, 4.69) is 15.9 Å². The van der Waals surface area contributed by atoms with Gasteiger partial charge in [-0.05, 0) is 106 Å². The number of nitriles is 1. The van der Waals surface area contributed by atoms with E-state index in [4.69, 9.17) is 27.9 Å². The van der Waals surface area contributed by atoms with Crippen molar-refractivity contribution in [1.82, 2.24) is 14.7 Å². The van der Waals surface area contributed by atoms with Gasteiger partial charge in [0.15, 0.2) is 0 Å².